The van der Waals surface area contributed by atoms with E-state index in [0.717, 1.165) is 32.1 Å². The highest BCUT2D eigenvalue weighted by Crippen LogP contribution is 2.43. The molecule has 2 rings (SSSR count). The molecule has 0 unspecified atom stereocenters. The summed E-state index contributed by atoms with van der Waals surface area (Å²) in [4.78, 5) is 23.5. The first-order chi connectivity index (χ1) is 9.92. The van der Waals surface area contributed by atoms with Crippen molar-refractivity contribution in [2.75, 3.05) is 0 Å². The fraction of sp³-hybridized carbons (Fsp3) is 0.529. The second-order valence-electron chi connectivity index (χ2n) is 6.20. The predicted octanol–water partition coefficient (Wildman–Crippen LogP) is 4.13. The Morgan fingerprint density at radius 3 is 2.43 bits per heavy atom. The molecule has 1 aromatic rings. The summed E-state index contributed by atoms with van der Waals surface area (Å²) in [5.74, 6) is -1.41. The minimum absolute atomic E-state index is 0.0209. The maximum Gasteiger partial charge on any atom is 0.303 e. The van der Waals surface area contributed by atoms with Gasteiger partial charge in [-0.1, -0.05) is 31.4 Å². The largest absolute Gasteiger partial charge is 0.481 e. The molecule has 0 heterocycles. The van der Waals surface area contributed by atoms with Crippen LogP contribution in [0.25, 0.3) is 0 Å². The summed E-state index contributed by atoms with van der Waals surface area (Å²) in [5.41, 5.74) is 0.389. The van der Waals surface area contributed by atoms with Crippen LogP contribution >= 0.6 is 0 Å². The molecule has 1 N–H and O–H groups in total. The number of carbonyl (C=O) groups excluding carboxylic acids is 1. The van der Waals surface area contributed by atoms with Crippen LogP contribution in [0.5, 0.6) is 0 Å². The standard InChI is InChI=1S/C17H21FO3/c1-12-5-6-13(9-14(12)18)15(19)10-17(11-16(20)21)7-3-2-4-8-17/h5-6,9H,2-4,7-8,10-11H2,1H3,(H,20,21). The van der Waals surface area contributed by atoms with E-state index in [1.807, 2.05) is 0 Å². The molecule has 1 saturated carbocycles. The van der Waals surface area contributed by atoms with Crippen LogP contribution in [0.3, 0.4) is 0 Å². The molecule has 1 fully saturated rings. The minimum Gasteiger partial charge on any atom is -0.481 e. The average Bonchev–Trinajstić information content (AvgIpc) is 2.41. The number of halogens is 1. The monoisotopic (exact) mass is 292 g/mol. The average molecular weight is 292 g/mol. The van der Waals surface area contributed by atoms with Crippen LogP contribution in [0.4, 0.5) is 4.39 Å². The van der Waals surface area contributed by atoms with Gasteiger partial charge >= 0.3 is 5.97 Å². The molecule has 1 aliphatic rings. The Labute approximate surface area is 124 Å². The Morgan fingerprint density at radius 2 is 1.86 bits per heavy atom. The summed E-state index contributed by atoms with van der Waals surface area (Å²) in [7, 11) is 0. The van der Waals surface area contributed by atoms with Crippen molar-refractivity contribution in [3.63, 3.8) is 0 Å². The van der Waals surface area contributed by atoms with Crippen molar-refractivity contribution in [3.8, 4) is 0 Å². The van der Waals surface area contributed by atoms with Crippen molar-refractivity contribution in [2.24, 2.45) is 5.41 Å². The van der Waals surface area contributed by atoms with E-state index in [9.17, 15) is 14.0 Å². The predicted molar refractivity (Wildman–Crippen MR) is 77.9 cm³/mol. The number of benzene rings is 1. The molecule has 21 heavy (non-hydrogen) atoms. The topological polar surface area (TPSA) is 54.4 Å². The summed E-state index contributed by atoms with van der Waals surface area (Å²) in [6, 6.07) is 4.47. The van der Waals surface area contributed by atoms with Crippen LogP contribution < -0.4 is 0 Å². The second kappa shape index (κ2) is 6.37. The number of rotatable bonds is 5. The van der Waals surface area contributed by atoms with E-state index in [0.29, 0.717) is 11.1 Å². The van der Waals surface area contributed by atoms with E-state index in [4.69, 9.17) is 5.11 Å². The van der Waals surface area contributed by atoms with Crippen LogP contribution in [-0.2, 0) is 4.79 Å². The summed E-state index contributed by atoms with van der Waals surface area (Å²) >= 11 is 0. The first kappa shape index (κ1) is 15.7. The summed E-state index contributed by atoms with van der Waals surface area (Å²) in [5, 5.41) is 9.12. The van der Waals surface area contributed by atoms with Crippen LogP contribution in [-0.4, -0.2) is 16.9 Å². The van der Waals surface area contributed by atoms with Crippen molar-refractivity contribution in [3.05, 3.63) is 35.1 Å². The van der Waals surface area contributed by atoms with Crippen molar-refractivity contribution >= 4 is 11.8 Å². The zero-order valence-electron chi connectivity index (χ0n) is 12.3. The van der Waals surface area contributed by atoms with Gasteiger partial charge in [0.15, 0.2) is 5.78 Å². The van der Waals surface area contributed by atoms with Crippen molar-refractivity contribution in [2.45, 2.75) is 51.9 Å². The number of Topliss-reactive ketones (excluding diaryl/α,β-unsaturated/α-hetero) is 1. The molecular formula is C17H21FO3. The van der Waals surface area contributed by atoms with Gasteiger partial charge in [0.2, 0.25) is 0 Å². The van der Waals surface area contributed by atoms with Crippen LogP contribution in [0, 0.1) is 18.2 Å². The number of aryl methyl sites for hydroxylation is 1. The van der Waals surface area contributed by atoms with E-state index >= 15 is 0 Å². The molecule has 1 aromatic carbocycles. The number of carboxylic acids is 1. The van der Waals surface area contributed by atoms with E-state index in [-0.39, 0.29) is 18.6 Å². The van der Waals surface area contributed by atoms with E-state index < -0.39 is 17.2 Å². The summed E-state index contributed by atoms with van der Waals surface area (Å²) in [6.07, 6.45) is 4.76. The van der Waals surface area contributed by atoms with Gasteiger partial charge in [-0.15, -0.1) is 0 Å². The summed E-state index contributed by atoms with van der Waals surface area (Å²) < 4.78 is 13.6. The first-order valence-electron chi connectivity index (χ1n) is 7.43. The van der Waals surface area contributed by atoms with Gasteiger partial charge in [0.25, 0.3) is 0 Å². The fourth-order valence-electron chi connectivity index (χ4n) is 3.25. The highest BCUT2D eigenvalue weighted by molar-refractivity contribution is 5.96. The van der Waals surface area contributed by atoms with E-state index in [1.165, 1.54) is 6.07 Å². The SMILES string of the molecule is Cc1ccc(C(=O)CC2(CC(=O)O)CCCCC2)cc1F. The molecule has 0 saturated heterocycles. The normalized spacial score (nSPS) is 17.4. The summed E-state index contributed by atoms with van der Waals surface area (Å²) in [6.45, 7) is 1.65. The Hall–Kier alpha value is -1.71. The molecule has 0 amide bonds. The molecule has 3 nitrogen and oxygen atoms in total. The second-order valence-corrected chi connectivity index (χ2v) is 6.20. The van der Waals surface area contributed by atoms with Gasteiger partial charge in [-0.25, -0.2) is 4.39 Å². The third-order valence-electron chi connectivity index (χ3n) is 4.47. The zero-order valence-corrected chi connectivity index (χ0v) is 12.3. The first-order valence-corrected chi connectivity index (χ1v) is 7.43. The molecule has 4 heteroatoms. The molecule has 0 aliphatic heterocycles. The molecule has 1 aliphatic carbocycles. The highest BCUT2D eigenvalue weighted by atomic mass is 19.1. The number of carbonyl (C=O) groups is 2. The number of aliphatic carboxylic acids is 1. The van der Waals surface area contributed by atoms with Gasteiger partial charge in [0.1, 0.15) is 5.82 Å². The quantitative estimate of drug-likeness (QED) is 0.830. The highest BCUT2D eigenvalue weighted by Gasteiger charge is 2.36. The molecule has 0 spiro atoms. The van der Waals surface area contributed by atoms with Crippen LogP contribution in [0.2, 0.25) is 0 Å². The number of ketones is 1. The molecule has 114 valence electrons. The molecule has 0 bridgehead atoms. The fourth-order valence-corrected chi connectivity index (χ4v) is 3.25. The number of hydrogen-bond donors (Lipinski definition) is 1. The van der Waals surface area contributed by atoms with Gasteiger partial charge in [-0.05, 0) is 36.8 Å². The van der Waals surface area contributed by atoms with Gasteiger partial charge in [0, 0.05) is 12.0 Å². The lowest BCUT2D eigenvalue weighted by Gasteiger charge is -2.35. The molecular weight excluding hydrogens is 271 g/mol. The minimum atomic E-state index is -0.861. The lowest BCUT2D eigenvalue weighted by molar-refractivity contribution is -0.140. The van der Waals surface area contributed by atoms with Crippen LogP contribution in [0.1, 0.15) is 60.9 Å². The Bertz CT molecular complexity index is 545. The molecule has 0 aromatic heterocycles. The van der Waals surface area contributed by atoms with Crippen molar-refractivity contribution in [1.82, 2.24) is 0 Å². The maximum atomic E-state index is 13.6. The van der Waals surface area contributed by atoms with E-state index in [2.05, 4.69) is 0 Å². The number of hydrogen-bond acceptors (Lipinski definition) is 2. The zero-order chi connectivity index (χ0) is 15.5. The maximum absolute atomic E-state index is 13.6. The van der Waals surface area contributed by atoms with Gasteiger partial charge in [-0.3, -0.25) is 9.59 Å². The Kier molecular flexibility index (Phi) is 4.76. The molecule has 0 atom stereocenters. The van der Waals surface area contributed by atoms with Gasteiger partial charge in [0.05, 0.1) is 6.42 Å². The van der Waals surface area contributed by atoms with Crippen molar-refractivity contribution in [1.29, 1.82) is 0 Å². The Balaban J connectivity index is 2.17. The lowest BCUT2D eigenvalue weighted by atomic mass is 9.68. The number of carboxylic acid groups (broad SMARTS) is 1. The molecule has 0 radical (unpaired) electrons. The lowest BCUT2D eigenvalue weighted by Crippen LogP contribution is -2.30. The van der Waals surface area contributed by atoms with Crippen molar-refractivity contribution < 1.29 is 19.1 Å². The smallest absolute Gasteiger partial charge is 0.303 e. The Morgan fingerprint density at radius 1 is 1.19 bits per heavy atom. The van der Waals surface area contributed by atoms with Gasteiger partial charge in [-0.2, -0.15) is 0 Å². The van der Waals surface area contributed by atoms with Gasteiger partial charge < -0.3 is 5.11 Å². The van der Waals surface area contributed by atoms with E-state index in [1.54, 1.807) is 19.1 Å². The van der Waals surface area contributed by atoms with Crippen LogP contribution in [0.15, 0.2) is 18.2 Å². The third kappa shape index (κ3) is 3.90. The third-order valence-corrected chi connectivity index (χ3v) is 4.47.